The number of ether oxygens (including phenoxy) is 1. The number of carboxylic acid groups (broad SMARTS) is 1. The van der Waals surface area contributed by atoms with E-state index in [0.29, 0.717) is 26.0 Å². The van der Waals surface area contributed by atoms with Crippen molar-refractivity contribution in [3.05, 3.63) is 12.7 Å². The average molecular weight is 255 g/mol. The molecule has 0 aromatic heterocycles. The molecule has 5 heteroatoms. The lowest BCUT2D eigenvalue weighted by atomic mass is 10.0. The van der Waals surface area contributed by atoms with Crippen molar-refractivity contribution in [3.8, 4) is 0 Å². The molecule has 0 spiro atoms. The predicted molar refractivity (Wildman–Crippen MR) is 67.2 cm³/mol. The van der Waals surface area contributed by atoms with E-state index in [9.17, 15) is 9.59 Å². The van der Waals surface area contributed by atoms with Crippen LogP contribution in [0.3, 0.4) is 0 Å². The minimum Gasteiger partial charge on any atom is -0.481 e. The molecule has 0 aliphatic carbocycles. The molecule has 2 atom stereocenters. The van der Waals surface area contributed by atoms with Gasteiger partial charge in [-0.05, 0) is 12.8 Å². The number of aliphatic carboxylic acids is 1. The highest BCUT2D eigenvalue weighted by molar-refractivity contribution is 5.78. The molecule has 1 heterocycles. The first kappa shape index (κ1) is 14.7. The van der Waals surface area contributed by atoms with Crippen molar-refractivity contribution >= 4 is 11.9 Å². The van der Waals surface area contributed by atoms with Crippen molar-refractivity contribution in [2.24, 2.45) is 5.92 Å². The summed E-state index contributed by atoms with van der Waals surface area (Å²) in [6.07, 6.45) is 3.50. The van der Waals surface area contributed by atoms with E-state index < -0.39 is 11.9 Å². The molecule has 0 radical (unpaired) electrons. The number of allylic oxidation sites excluding steroid dienone is 1. The third-order valence-corrected chi connectivity index (χ3v) is 3.12. The molecule has 0 saturated carbocycles. The van der Waals surface area contributed by atoms with Crippen LogP contribution in [0.2, 0.25) is 0 Å². The summed E-state index contributed by atoms with van der Waals surface area (Å²) in [6.45, 7) is 6.64. The number of rotatable bonds is 7. The lowest BCUT2D eigenvalue weighted by molar-refractivity contribution is -0.145. The van der Waals surface area contributed by atoms with E-state index in [1.54, 1.807) is 11.0 Å². The second-order valence-corrected chi connectivity index (χ2v) is 4.46. The molecule has 1 aliphatic rings. The highest BCUT2D eigenvalue weighted by Crippen LogP contribution is 2.21. The Bertz CT molecular complexity index is 316. The van der Waals surface area contributed by atoms with E-state index in [2.05, 4.69) is 6.58 Å². The van der Waals surface area contributed by atoms with Crippen LogP contribution in [0.1, 0.15) is 26.2 Å². The zero-order valence-corrected chi connectivity index (χ0v) is 10.8. The second kappa shape index (κ2) is 7.16. The first-order chi connectivity index (χ1) is 8.61. The lowest BCUT2D eigenvalue weighted by Crippen LogP contribution is -2.46. The van der Waals surface area contributed by atoms with Gasteiger partial charge in [-0.2, -0.15) is 0 Å². The predicted octanol–water partition coefficient (Wildman–Crippen LogP) is 1.29. The highest BCUT2D eigenvalue weighted by Gasteiger charge is 2.39. The molecule has 102 valence electrons. The quantitative estimate of drug-likeness (QED) is 0.696. The largest absolute Gasteiger partial charge is 0.481 e. The molecule has 1 amide bonds. The number of carbonyl (C=O) groups is 2. The molecule has 1 rings (SSSR count). The van der Waals surface area contributed by atoms with E-state index >= 15 is 0 Å². The van der Waals surface area contributed by atoms with Gasteiger partial charge in [0.15, 0.2) is 0 Å². The molecule has 0 aromatic rings. The van der Waals surface area contributed by atoms with Crippen molar-refractivity contribution in [2.45, 2.75) is 32.2 Å². The monoisotopic (exact) mass is 255 g/mol. The smallest absolute Gasteiger partial charge is 0.311 e. The first-order valence-corrected chi connectivity index (χ1v) is 6.32. The number of nitrogens with zero attached hydrogens (tertiary/aromatic N) is 1. The van der Waals surface area contributed by atoms with E-state index in [-0.39, 0.29) is 18.6 Å². The maximum atomic E-state index is 12.1. The maximum Gasteiger partial charge on any atom is 0.311 e. The molecule has 1 N–H and O–H groups in total. The maximum absolute atomic E-state index is 12.1. The Labute approximate surface area is 107 Å². The Morgan fingerprint density at radius 3 is 2.78 bits per heavy atom. The van der Waals surface area contributed by atoms with E-state index in [1.165, 1.54) is 0 Å². The van der Waals surface area contributed by atoms with Gasteiger partial charge in [0.25, 0.3) is 0 Å². The summed E-state index contributed by atoms with van der Waals surface area (Å²) < 4.78 is 5.22. The third-order valence-electron chi connectivity index (χ3n) is 3.12. The fourth-order valence-corrected chi connectivity index (χ4v) is 2.17. The minimum absolute atomic E-state index is 0.0153. The first-order valence-electron chi connectivity index (χ1n) is 6.32. The van der Waals surface area contributed by atoms with Crippen LogP contribution in [0.4, 0.5) is 0 Å². The van der Waals surface area contributed by atoms with E-state index in [4.69, 9.17) is 9.84 Å². The number of carboxylic acids is 1. The third kappa shape index (κ3) is 3.57. The van der Waals surface area contributed by atoms with Crippen molar-refractivity contribution in [1.29, 1.82) is 0 Å². The Kier molecular flexibility index (Phi) is 5.85. The molecular formula is C13H21NO4. The van der Waals surface area contributed by atoms with Crippen LogP contribution in [0.25, 0.3) is 0 Å². The van der Waals surface area contributed by atoms with Gasteiger partial charge >= 0.3 is 5.97 Å². The van der Waals surface area contributed by atoms with Gasteiger partial charge in [0.2, 0.25) is 5.91 Å². The minimum atomic E-state index is -0.893. The van der Waals surface area contributed by atoms with Gasteiger partial charge in [0.05, 0.1) is 19.3 Å². The van der Waals surface area contributed by atoms with Gasteiger partial charge in [0.1, 0.15) is 5.92 Å². The number of hydrogen-bond donors (Lipinski definition) is 1. The summed E-state index contributed by atoms with van der Waals surface area (Å²) in [5.74, 6) is -1.52. The summed E-state index contributed by atoms with van der Waals surface area (Å²) in [7, 11) is 0. The number of amides is 1. The Morgan fingerprint density at radius 1 is 1.50 bits per heavy atom. The molecule has 2 unspecified atom stereocenters. The van der Waals surface area contributed by atoms with Gasteiger partial charge in [-0.25, -0.2) is 0 Å². The van der Waals surface area contributed by atoms with Gasteiger partial charge in [-0.1, -0.05) is 13.0 Å². The van der Waals surface area contributed by atoms with Crippen molar-refractivity contribution in [3.63, 3.8) is 0 Å². The van der Waals surface area contributed by atoms with E-state index in [0.717, 1.165) is 6.42 Å². The lowest BCUT2D eigenvalue weighted by Gasteiger charge is -2.30. The van der Waals surface area contributed by atoms with Crippen LogP contribution in [0.5, 0.6) is 0 Å². The normalized spacial score (nSPS) is 22.7. The zero-order chi connectivity index (χ0) is 13.5. The van der Waals surface area contributed by atoms with Crippen LogP contribution < -0.4 is 0 Å². The fourth-order valence-electron chi connectivity index (χ4n) is 2.17. The van der Waals surface area contributed by atoms with Gasteiger partial charge in [-0.15, -0.1) is 6.58 Å². The summed E-state index contributed by atoms with van der Waals surface area (Å²) in [4.78, 5) is 24.9. The Balaban J connectivity index is 2.73. The van der Waals surface area contributed by atoms with Gasteiger partial charge in [0, 0.05) is 13.0 Å². The molecule has 0 aromatic carbocycles. The number of carbonyl (C=O) groups excluding carboxylic acids is 1. The molecule has 5 nitrogen and oxygen atoms in total. The SMILES string of the molecule is C=CCCC(=O)N(CCC)C1COCC1C(=O)O. The molecule has 18 heavy (non-hydrogen) atoms. The van der Waals surface area contributed by atoms with Crippen molar-refractivity contribution in [2.75, 3.05) is 19.8 Å². The van der Waals surface area contributed by atoms with Crippen LogP contribution in [-0.2, 0) is 14.3 Å². The Hall–Kier alpha value is -1.36. The van der Waals surface area contributed by atoms with Gasteiger partial charge < -0.3 is 14.7 Å². The number of hydrogen-bond acceptors (Lipinski definition) is 3. The molecule has 1 aliphatic heterocycles. The summed E-state index contributed by atoms with van der Waals surface area (Å²) >= 11 is 0. The van der Waals surface area contributed by atoms with Gasteiger partial charge in [-0.3, -0.25) is 9.59 Å². The van der Waals surface area contributed by atoms with E-state index in [1.807, 2.05) is 6.92 Å². The summed E-state index contributed by atoms with van der Waals surface area (Å²) in [5.41, 5.74) is 0. The topological polar surface area (TPSA) is 66.8 Å². The molecule has 1 saturated heterocycles. The average Bonchev–Trinajstić information content (AvgIpc) is 2.81. The standard InChI is InChI=1S/C13H21NO4/c1-3-5-6-12(15)14(7-4-2)11-9-18-8-10(11)13(16)17/h3,10-11H,1,4-9H2,2H3,(H,16,17). The molecule has 0 bridgehead atoms. The summed E-state index contributed by atoms with van der Waals surface area (Å²) in [6, 6.07) is -0.334. The van der Waals surface area contributed by atoms with Crippen molar-refractivity contribution in [1.82, 2.24) is 4.90 Å². The molecule has 1 fully saturated rings. The zero-order valence-electron chi connectivity index (χ0n) is 10.8. The van der Waals surface area contributed by atoms with Crippen LogP contribution in [0, 0.1) is 5.92 Å². The fraction of sp³-hybridized carbons (Fsp3) is 0.692. The Morgan fingerprint density at radius 2 is 2.22 bits per heavy atom. The van der Waals surface area contributed by atoms with Crippen LogP contribution >= 0.6 is 0 Å². The summed E-state index contributed by atoms with van der Waals surface area (Å²) in [5, 5.41) is 9.12. The second-order valence-electron chi connectivity index (χ2n) is 4.46. The highest BCUT2D eigenvalue weighted by atomic mass is 16.5. The van der Waals surface area contributed by atoms with Crippen LogP contribution in [0.15, 0.2) is 12.7 Å². The van der Waals surface area contributed by atoms with Crippen molar-refractivity contribution < 1.29 is 19.4 Å². The van der Waals surface area contributed by atoms with Crippen LogP contribution in [-0.4, -0.2) is 47.7 Å². The molecular weight excluding hydrogens is 234 g/mol.